The van der Waals surface area contributed by atoms with E-state index in [4.69, 9.17) is 44.6 Å². The number of phenols is 8. The van der Waals surface area contributed by atoms with Crippen LogP contribution in [-0.2, 0) is 45.4 Å². The van der Waals surface area contributed by atoms with Crippen molar-refractivity contribution in [3.63, 3.8) is 0 Å². The Hall–Kier alpha value is -6.64. The smallest absolute Gasteiger partial charge is 0.128 e. The van der Waals surface area contributed by atoms with Crippen LogP contribution in [0.25, 0.3) is 0 Å². The Bertz CT molecular complexity index is 2250. The van der Waals surface area contributed by atoms with Gasteiger partial charge in [0.15, 0.2) is 0 Å². The number of benzene rings is 4. The van der Waals surface area contributed by atoms with Gasteiger partial charge in [-0.15, -0.1) is 25.7 Å². The summed E-state index contributed by atoms with van der Waals surface area (Å²) in [6.45, 7) is 14.0. The summed E-state index contributed by atoms with van der Waals surface area (Å²) in [6, 6.07) is 6.73. The van der Waals surface area contributed by atoms with Gasteiger partial charge in [-0.25, -0.2) is 0 Å². The molecule has 384 valence electrons. The van der Waals surface area contributed by atoms with Crippen LogP contribution < -0.4 is 0 Å². The van der Waals surface area contributed by atoms with Crippen molar-refractivity contribution in [3.8, 4) is 95.4 Å². The van der Waals surface area contributed by atoms with Crippen molar-refractivity contribution in [2.75, 3.05) is 26.4 Å². The van der Waals surface area contributed by atoms with E-state index >= 15 is 0 Å². The van der Waals surface area contributed by atoms with Gasteiger partial charge in [-0.05, 0) is 73.6 Å². The molecule has 0 saturated heterocycles. The number of ether oxygens (including phenoxy) is 4. The molecular weight excluding hydrogens is 913 g/mol. The summed E-state index contributed by atoms with van der Waals surface area (Å²) in [5, 5.41) is 101. The largest absolute Gasteiger partial charge is 0.507 e. The van der Waals surface area contributed by atoms with E-state index in [2.05, 4.69) is 23.7 Å². The molecule has 4 aromatic carbocycles. The molecular formula is C60H72O12. The second kappa shape index (κ2) is 25.1. The number of aromatic hydroxyl groups is 8. The van der Waals surface area contributed by atoms with Crippen LogP contribution in [0.2, 0.25) is 0 Å². The molecule has 8 bridgehead atoms. The van der Waals surface area contributed by atoms with Crippen molar-refractivity contribution in [2.45, 2.75) is 131 Å². The second-order valence-electron chi connectivity index (χ2n) is 20.4. The first-order valence-electron chi connectivity index (χ1n) is 24.6. The van der Waals surface area contributed by atoms with Crippen LogP contribution in [-0.4, -0.2) is 67.3 Å². The zero-order valence-electron chi connectivity index (χ0n) is 42.9. The molecule has 0 atom stereocenters. The van der Waals surface area contributed by atoms with Crippen LogP contribution in [0, 0.1) is 73.0 Å². The zero-order valence-corrected chi connectivity index (χ0v) is 42.9. The van der Waals surface area contributed by atoms with Gasteiger partial charge in [0, 0.05) is 68.2 Å². The predicted octanol–water partition coefficient (Wildman–Crippen LogP) is 11.0. The molecule has 12 nitrogen and oxygen atoms in total. The standard InChI is InChI=1S/C60H72O12/c1-13-17-69-29-49-53(61)41-25-42(54(49)62)38(22-34(7)8)44-27-46(58(66)51(56(44)64)31-71-19-15-3)40(24-36(11)12)48-28-47(59(67)52(60(48)68)32-72-20-16-4)39(23-35(9)10)45-26-43(37(41)21-33(5)6)55(63)50(57(45)65)30-70-18-14-2/h1-4,25-28,33-40,61-68H,17-24,29-32H2,5-12H3. The maximum Gasteiger partial charge on any atom is 0.128 e. The molecule has 8 N–H and O–H groups in total. The Kier molecular flexibility index (Phi) is 19.7. The van der Waals surface area contributed by atoms with Gasteiger partial charge in [0.25, 0.3) is 0 Å². The number of terminal acetylenes is 4. The van der Waals surface area contributed by atoms with Crippen molar-refractivity contribution in [2.24, 2.45) is 23.7 Å². The van der Waals surface area contributed by atoms with Crippen LogP contribution in [0.1, 0.15) is 172 Å². The fourth-order valence-electron chi connectivity index (χ4n) is 10.2. The van der Waals surface area contributed by atoms with Gasteiger partial charge in [0.05, 0.1) is 48.7 Å². The van der Waals surface area contributed by atoms with E-state index in [0.717, 1.165) is 0 Å². The molecule has 0 aliphatic heterocycles. The summed E-state index contributed by atoms with van der Waals surface area (Å²) in [7, 11) is 0. The molecule has 5 rings (SSSR count). The van der Waals surface area contributed by atoms with E-state index < -0.39 is 23.7 Å². The van der Waals surface area contributed by atoms with E-state index in [-0.39, 0.29) is 189 Å². The van der Waals surface area contributed by atoms with E-state index in [1.165, 1.54) is 0 Å². The number of hydrogen-bond acceptors (Lipinski definition) is 12. The van der Waals surface area contributed by atoms with Gasteiger partial charge in [-0.3, -0.25) is 0 Å². The lowest BCUT2D eigenvalue weighted by molar-refractivity contribution is 0.148. The minimum absolute atomic E-state index is 0.00768. The summed E-state index contributed by atoms with van der Waals surface area (Å²) in [5.41, 5.74) is 2.33. The second-order valence-corrected chi connectivity index (χ2v) is 20.4. The molecule has 0 amide bonds. The molecule has 1 aliphatic carbocycles. The van der Waals surface area contributed by atoms with E-state index in [0.29, 0.717) is 25.7 Å². The van der Waals surface area contributed by atoms with Crippen LogP contribution in [0.5, 0.6) is 46.0 Å². The first kappa shape index (κ1) is 56.3. The summed E-state index contributed by atoms with van der Waals surface area (Å²) in [4.78, 5) is 0. The molecule has 0 spiro atoms. The van der Waals surface area contributed by atoms with Crippen molar-refractivity contribution < 1.29 is 59.8 Å². The molecule has 0 fully saturated rings. The Labute approximate surface area is 426 Å². The average molecular weight is 985 g/mol. The van der Waals surface area contributed by atoms with Crippen molar-refractivity contribution in [1.29, 1.82) is 0 Å². The Morgan fingerprint density at radius 1 is 0.333 bits per heavy atom. The maximum atomic E-state index is 12.6. The number of rotatable bonds is 20. The first-order chi connectivity index (χ1) is 34.2. The maximum absolute atomic E-state index is 12.6. The lowest BCUT2D eigenvalue weighted by Crippen LogP contribution is -2.16. The Morgan fingerprint density at radius 2 is 0.486 bits per heavy atom. The van der Waals surface area contributed by atoms with Gasteiger partial charge < -0.3 is 59.8 Å². The van der Waals surface area contributed by atoms with E-state index in [1.807, 2.05) is 55.4 Å². The van der Waals surface area contributed by atoms with Gasteiger partial charge in [-0.1, -0.05) is 79.1 Å². The third-order valence-electron chi connectivity index (χ3n) is 13.3. The fraction of sp³-hybridized carbons (Fsp3) is 0.467. The minimum Gasteiger partial charge on any atom is -0.507 e. The third-order valence-corrected chi connectivity index (χ3v) is 13.3. The highest BCUT2D eigenvalue weighted by Crippen LogP contribution is 2.56. The van der Waals surface area contributed by atoms with E-state index in [1.54, 1.807) is 24.3 Å². The van der Waals surface area contributed by atoms with Crippen LogP contribution in [0.3, 0.4) is 0 Å². The normalized spacial score (nSPS) is 16.4. The van der Waals surface area contributed by atoms with Crippen molar-refractivity contribution in [1.82, 2.24) is 0 Å². The molecule has 12 heteroatoms. The van der Waals surface area contributed by atoms with Crippen molar-refractivity contribution >= 4 is 0 Å². The van der Waals surface area contributed by atoms with Crippen LogP contribution in [0.4, 0.5) is 0 Å². The predicted molar refractivity (Wildman–Crippen MR) is 278 cm³/mol. The number of hydrogen-bond donors (Lipinski definition) is 8. The molecule has 0 aromatic heterocycles. The fourth-order valence-corrected chi connectivity index (χ4v) is 10.2. The number of fused-ring (bicyclic) bond motifs is 8. The van der Waals surface area contributed by atoms with Crippen molar-refractivity contribution in [3.05, 3.63) is 91.0 Å². The molecule has 1 aliphatic rings. The lowest BCUT2D eigenvalue weighted by Gasteiger charge is -2.32. The molecule has 0 radical (unpaired) electrons. The highest BCUT2D eigenvalue weighted by atomic mass is 16.5. The summed E-state index contributed by atoms with van der Waals surface area (Å²) in [6.07, 6.45) is 23.7. The molecule has 0 saturated carbocycles. The zero-order chi connectivity index (χ0) is 53.1. The SMILES string of the molecule is C#CCOCc1c(O)c2cc(c1O)C(CC(C)C)c1cc(c(O)c(COCC#C)c1O)C(CC(C)C)c1cc(c(O)c(COCC#C)c1O)C(CC(C)C)c1cc(c(O)c(COCC#C)c1O)C2CC(C)C. The summed E-state index contributed by atoms with van der Waals surface area (Å²) >= 11 is 0. The van der Waals surface area contributed by atoms with E-state index in [9.17, 15) is 40.9 Å². The van der Waals surface area contributed by atoms with Crippen LogP contribution in [0.15, 0.2) is 24.3 Å². The molecule has 4 aromatic rings. The van der Waals surface area contributed by atoms with Crippen LogP contribution >= 0.6 is 0 Å². The molecule has 0 heterocycles. The molecule has 0 unspecified atom stereocenters. The topological polar surface area (TPSA) is 199 Å². The Balaban J connectivity index is 2.19. The van der Waals surface area contributed by atoms with Gasteiger partial charge in [0.1, 0.15) is 72.4 Å². The Morgan fingerprint density at radius 3 is 0.611 bits per heavy atom. The lowest BCUT2D eigenvalue weighted by atomic mass is 9.73. The molecule has 72 heavy (non-hydrogen) atoms. The highest BCUT2D eigenvalue weighted by Gasteiger charge is 2.38. The average Bonchev–Trinajstić information content (AvgIpc) is 3.31. The monoisotopic (exact) mass is 985 g/mol. The summed E-state index contributed by atoms with van der Waals surface area (Å²) in [5.74, 6) is 3.34. The highest BCUT2D eigenvalue weighted by molar-refractivity contribution is 5.67. The quantitative estimate of drug-likeness (QED) is 0.0308. The minimum atomic E-state index is -0.863. The number of phenolic OH excluding ortho intramolecular Hbond substituents is 8. The summed E-state index contributed by atoms with van der Waals surface area (Å²) < 4.78 is 23.3. The van der Waals surface area contributed by atoms with Gasteiger partial charge in [0.2, 0.25) is 0 Å². The first-order valence-corrected chi connectivity index (χ1v) is 24.6. The van der Waals surface area contributed by atoms with Gasteiger partial charge >= 0.3 is 0 Å². The third kappa shape index (κ3) is 12.3. The van der Waals surface area contributed by atoms with Gasteiger partial charge in [-0.2, -0.15) is 0 Å².